The van der Waals surface area contributed by atoms with Gasteiger partial charge in [0, 0.05) is 30.5 Å². The number of carbonyl (C=O) groups excluding carboxylic acids is 1. The molecule has 0 spiro atoms. The van der Waals surface area contributed by atoms with Gasteiger partial charge in [0.05, 0.1) is 0 Å². The van der Waals surface area contributed by atoms with Crippen molar-refractivity contribution in [3.05, 3.63) is 47.0 Å². The number of amides is 1. The minimum atomic E-state index is 0.0657. The van der Waals surface area contributed by atoms with E-state index in [1.807, 2.05) is 28.8 Å². The number of benzene rings is 1. The van der Waals surface area contributed by atoms with Crippen LogP contribution in [0.5, 0.6) is 0 Å². The average Bonchev–Trinajstić information content (AvgIpc) is 3.26. The molecule has 1 aromatic carbocycles. The maximum atomic E-state index is 11.9. The highest BCUT2D eigenvalue weighted by molar-refractivity contribution is 6.30. The Morgan fingerprint density at radius 2 is 2.09 bits per heavy atom. The van der Waals surface area contributed by atoms with Gasteiger partial charge in [0.2, 0.25) is 5.91 Å². The molecule has 0 aliphatic heterocycles. The number of nitrogens with one attached hydrogen (secondary N) is 1. The van der Waals surface area contributed by atoms with Crippen molar-refractivity contribution in [2.24, 2.45) is 0 Å². The molecule has 1 amide bonds. The third kappa shape index (κ3) is 4.07. The Bertz CT molecular complexity index is 634. The molecule has 116 valence electrons. The average molecular weight is 319 g/mol. The number of carbonyl (C=O) groups is 1. The summed E-state index contributed by atoms with van der Waals surface area (Å²) in [7, 11) is 0. The Hall–Kier alpha value is -1.88. The first-order valence-electron chi connectivity index (χ1n) is 7.61. The zero-order valence-electron chi connectivity index (χ0n) is 12.3. The summed E-state index contributed by atoms with van der Waals surface area (Å²) in [6, 6.07) is 7.60. The van der Waals surface area contributed by atoms with E-state index in [-0.39, 0.29) is 5.91 Å². The third-order valence-electron chi connectivity index (χ3n) is 3.82. The minimum absolute atomic E-state index is 0.0657. The largest absolute Gasteiger partial charge is 0.354 e. The summed E-state index contributed by atoms with van der Waals surface area (Å²) in [4.78, 5) is 11.9. The van der Waals surface area contributed by atoms with Crippen LogP contribution in [0.3, 0.4) is 0 Å². The lowest BCUT2D eigenvalue weighted by Crippen LogP contribution is -2.27. The summed E-state index contributed by atoms with van der Waals surface area (Å²) in [5, 5.41) is 11.8. The van der Waals surface area contributed by atoms with Crippen LogP contribution >= 0.6 is 11.6 Å². The van der Waals surface area contributed by atoms with Crippen molar-refractivity contribution in [1.82, 2.24) is 20.1 Å². The second-order valence-electron chi connectivity index (χ2n) is 5.63. The van der Waals surface area contributed by atoms with Crippen molar-refractivity contribution in [3.8, 4) is 0 Å². The number of hydrogen-bond donors (Lipinski definition) is 1. The smallest absolute Gasteiger partial charge is 0.220 e. The quantitative estimate of drug-likeness (QED) is 0.853. The lowest BCUT2D eigenvalue weighted by atomic mass is 10.1. The molecule has 1 N–H and O–H groups in total. The second-order valence-corrected chi connectivity index (χ2v) is 6.07. The van der Waals surface area contributed by atoms with Crippen LogP contribution in [0, 0.1) is 0 Å². The predicted molar refractivity (Wildman–Crippen MR) is 84.8 cm³/mol. The van der Waals surface area contributed by atoms with E-state index < -0.39 is 0 Å². The summed E-state index contributed by atoms with van der Waals surface area (Å²) < 4.78 is 2.04. The molecule has 1 aromatic heterocycles. The highest BCUT2D eigenvalue weighted by Gasteiger charge is 2.28. The molecule has 5 nitrogen and oxygen atoms in total. The molecular weight excluding hydrogens is 300 g/mol. The molecule has 6 heteroatoms. The van der Waals surface area contributed by atoms with E-state index in [0.717, 1.165) is 24.4 Å². The summed E-state index contributed by atoms with van der Waals surface area (Å²) in [6.07, 6.45) is 5.36. The molecular formula is C16H19ClN4O. The fraction of sp³-hybridized carbons (Fsp3) is 0.438. The van der Waals surface area contributed by atoms with Gasteiger partial charge in [-0.15, -0.1) is 10.2 Å². The molecule has 2 aromatic rings. The maximum Gasteiger partial charge on any atom is 0.220 e. The SMILES string of the molecule is O=C(CCc1ccc(Cl)cc1)NCCn1cnnc1C1CC1. The number of hydrogen-bond acceptors (Lipinski definition) is 3. The number of halogens is 1. The number of aryl methyl sites for hydroxylation is 1. The zero-order chi connectivity index (χ0) is 15.4. The Labute approximate surface area is 134 Å². The molecule has 22 heavy (non-hydrogen) atoms. The van der Waals surface area contributed by atoms with Crippen LogP contribution in [-0.4, -0.2) is 27.2 Å². The van der Waals surface area contributed by atoms with E-state index in [0.29, 0.717) is 23.9 Å². The van der Waals surface area contributed by atoms with Gasteiger partial charge < -0.3 is 9.88 Å². The van der Waals surface area contributed by atoms with E-state index in [4.69, 9.17) is 11.6 Å². The van der Waals surface area contributed by atoms with Crippen molar-refractivity contribution in [2.75, 3.05) is 6.54 Å². The first-order valence-corrected chi connectivity index (χ1v) is 7.99. The van der Waals surface area contributed by atoms with Crippen molar-refractivity contribution in [3.63, 3.8) is 0 Å². The standard InChI is InChI=1S/C16H19ClN4O/c17-14-6-1-12(2-7-14)3-8-15(22)18-9-10-21-11-19-20-16(21)13-4-5-13/h1-2,6-7,11,13H,3-5,8-10H2,(H,18,22). The van der Waals surface area contributed by atoms with Gasteiger partial charge in [-0.25, -0.2) is 0 Å². The third-order valence-corrected chi connectivity index (χ3v) is 4.07. The van der Waals surface area contributed by atoms with Gasteiger partial charge >= 0.3 is 0 Å². The zero-order valence-corrected chi connectivity index (χ0v) is 13.1. The molecule has 1 fully saturated rings. The summed E-state index contributed by atoms with van der Waals surface area (Å²) in [5.74, 6) is 1.69. The normalized spacial score (nSPS) is 14.0. The van der Waals surface area contributed by atoms with Crippen LogP contribution in [0.1, 0.15) is 36.6 Å². The lowest BCUT2D eigenvalue weighted by Gasteiger charge is -2.08. The van der Waals surface area contributed by atoms with E-state index in [1.165, 1.54) is 12.8 Å². The lowest BCUT2D eigenvalue weighted by molar-refractivity contribution is -0.121. The van der Waals surface area contributed by atoms with Crippen LogP contribution in [0.2, 0.25) is 5.02 Å². The number of rotatable bonds is 7. The fourth-order valence-electron chi connectivity index (χ4n) is 2.41. The van der Waals surface area contributed by atoms with Gasteiger partial charge in [0.15, 0.2) is 0 Å². The highest BCUT2D eigenvalue weighted by atomic mass is 35.5. The van der Waals surface area contributed by atoms with Crippen LogP contribution in [0.4, 0.5) is 0 Å². The number of nitrogens with zero attached hydrogens (tertiary/aromatic N) is 3. The molecule has 0 atom stereocenters. The van der Waals surface area contributed by atoms with Crippen molar-refractivity contribution in [1.29, 1.82) is 0 Å². The Morgan fingerprint density at radius 1 is 1.32 bits per heavy atom. The Morgan fingerprint density at radius 3 is 2.82 bits per heavy atom. The molecule has 0 unspecified atom stereocenters. The molecule has 1 aliphatic rings. The van der Waals surface area contributed by atoms with Gasteiger partial charge in [-0.2, -0.15) is 0 Å². The van der Waals surface area contributed by atoms with Crippen molar-refractivity contribution < 1.29 is 4.79 Å². The van der Waals surface area contributed by atoms with Gasteiger partial charge in [-0.05, 0) is 37.0 Å². The van der Waals surface area contributed by atoms with E-state index in [9.17, 15) is 4.79 Å². The van der Waals surface area contributed by atoms with Crippen LogP contribution in [-0.2, 0) is 17.8 Å². The van der Waals surface area contributed by atoms with Crippen molar-refractivity contribution in [2.45, 2.75) is 38.1 Å². The van der Waals surface area contributed by atoms with Crippen LogP contribution < -0.4 is 5.32 Å². The number of aromatic nitrogens is 3. The Balaban J connectivity index is 1.39. The van der Waals surface area contributed by atoms with Gasteiger partial charge in [-0.1, -0.05) is 23.7 Å². The maximum absolute atomic E-state index is 11.9. The van der Waals surface area contributed by atoms with Gasteiger partial charge in [-0.3, -0.25) is 4.79 Å². The monoisotopic (exact) mass is 318 g/mol. The predicted octanol–water partition coefficient (Wildman–Crippen LogP) is 2.56. The second kappa shape index (κ2) is 6.92. The molecule has 0 bridgehead atoms. The molecule has 0 radical (unpaired) electrons. The van der Waals surface area contributed by atoms with Gasteiger partial charge in [0.25, 0.3) is 0 Å². The fourth-order valence-corrected chi connectivity index (χ4v) is 2.53. The molecule has 0 saturated heterocycles. The molecule has 1 heterocycles. The summed E-state index contributed by atoms with van der Waals surface area (Å²) >= 11 is 5.84. The summed E-state index contributed by atoms with van der Waals surface area (Å²) in [6.45, 7) is 1.34. The van der Waals surface area contributed by atoms with Crippen LogP contribution in [0.15, 0.2) is 30.6 Å². The van der Waals surface area contributed by atoms with Crippen molar-refractivity contribution >= 4 is 17.5 Å². The summed E-state index contributed by atoms with van der Waals surface area (Å²) in [5.41, 5.74) is 1.12. The van der Waals surface area contributed by atoms with E-state index >= 15 is 0 Å². The topological polar surface area (TPSA) is 59.8 Å². The first-order chi connectivity index (χ1) is 10.7. The molecule has 1 aliphatic carbocycles. The first kappa shape index (κ1) is 15.0. The minimum Gasteiger partial charge on any atom is -0.354 e. The van der Waals surface area contributed by atoms with E-state index in [1.54, 1.807) is 6.33 Å². The highest BCUT2D eigenvalue weighted by Crippen LogP contribution is 2.38. The Kier molecular flexibility index (Phi) is 4.73. The molecule has 3 rings (SSSR count). The van der Waals surface area contributed by atoms with Gasteiger partial charge in [0.1, 0.15) is 12.2 Å². The van der Waals surface area contributed by atoms with Crippen LogP contribution in [0.25, 0.3) is 0 Å². The molecule has 1 saturated carbocycles. The van der Waals surface area contributed by atoms with E-state index in [2.05, 4.69) is 15.5 Å².